The number of fused-ring (bicyclic) bond motifs is 4. The molecule has 4 aromatic rings. The Labute approximate surface area is 263 Å². The Bertz CT molecular complexity index is 1930. The third kappa shape index (κ3) is 4.51. The molecule has 4 aliphatic rings. The molecule has 4 aliphatic heterocycles. The first-order chi connectivity index (χ1) is 22.3. The summed E-state index contributed by atoms with van der Waals surface area (Å²) in [6.07, 6.45) is 7.67. The summed E-state index contributed by atoms with van der Waals surface area (Å²) in [4.78, 5) is 20.5. The van der Waals surface area contributed by atoms with Crippen LogP contribution < -0.4 is 14.5 Å². The summed E-state index contributed by atoms with van der Waals surface area (Å²) < 4.78 is 58.7. The third-order valence-corrected chi connectivity index (χ3v) is 9.97. The highest BCUT2D eigenvalue weighted by Gasteiger charge is 2.49. The van der Waals surface area contributed by atoms with Gasteiger partial charge in [-0.2, -0.15) is 9.97 Å². The maximum atomic E-state index is 17.1. The Hall–Kier alpha value is -4.34. The van der Waals surface area contributed by atoms with E-state index < -0.39 is 23.3 Å². The average molecular weight is 631 g/mol. The number of ether oxygens (including phenoxy) is 2. The highest BCUT2D eigenvalue weighted by Crippen LogP contribution is 2.44. The minimum absolute atomic E-state index is 0.0161. The molecule has 2 aromatic carbocycles. The zero-order valence-electron chi connectivity index (χ0n) is 25.4. The first kappa shape index (κ1) is 29.1. The van der Waals surface area contributed by atoms with Gasteiger partial charge in [0.15, 0.2) is 5.82 Å². The molecular formula is C34H33F3N6O3. The molecule has 12 heteroatoms. The molecule has 0 amide bonds. The van der Waals surface area contributed by atoms with Crippen LogP contribution in [0.1, 0.15) is 31.2 Å². The molecule has 0 aliphatic carbocycles. The average Bonchev–Trinajstić information content (AvgIpc) is 3.42. The standard InChI is InChI=1S/C34H33F3N6O3/c1-3-23-25(36)7-6-19-12-22(44)13-24(26(19)23)29-28(37)30-27-31(38-29)41(2)16-21-17-45-11-5-10-43(21)32(27)40-33(39-30)46-18-34-8-4-9-42(34)15-20(35)14-34/h1,6-7,12-13,20-21,44H,4-5,8-11,14-18H2,2H3/t20-,21?,34+/m1/s1. The first-order valence-corrected chi connectivity index (χ1v) is 15.7. The zero-order chi connectivity index (χ0) is 31.7. The number of rotatable bonds is 4. The van der Waals surface area contributed by atoms with E-state index in [1.54, 1.807) is 0 Å². The quantitative estimate of drug-likeness (QED) is 0.320. The fraction of sp³-hybridized carbons (Fsp3) is 0.441. The highest BCUT2D eigenvalue weighted by atomic mass is 19.1. The minimum Gasteiger partial charge on any atom is -0.508 e. The fourth-order valence-electron chi connectivity index (χ4n) is 7.91. The van der Waals surface area contributed by atoms with Gasteiger partial charge in [0.05, 0.1) is 29.1 Å². The van der Waals surface area contributed by atoms with Crippen LogP contribution in [-0.2, 0) is 4.74 Å². The topological polar surface area (TPSA) is 87.1 Å². The minimum atomic E-state index is -0.928. The van der Waals surface area contributed by atoms with Crippen LogP contribution in [0.3, 0.4) is 0 Å². The van der Waals surface area contributed by atoms with Gasteiger partial charge < -0.3 is 24.4 Å². The lowest BCUT2D eigenvalue weighted by Gasteiger charge is -2.31. The molecule has 0 radical (unpaired) electrons. The second-order valence-corrected chi connectivity index (χ2v) is 12.8. The van der Waals surface area contributed by atoms with Gasteiger partial charge in [-0.3, -0.25) is 4.90 Å². The number of alkyl halides is 1. The van der Waals surface area contributed by atoms with Gasteiger partial charge >= 0.3 is 6.01 Å². The van der Waals surface area contributed by atoms with Crippen LogP contribution in [-0.4, -0.2) is 95.8 Å². The molecule has 46 heavy (non-hydrogen) atoms. The van der Waals surface area contributed by atoms with Gasteiger partial charge in [0.2, 0.25) is 0 Å². The van der Waals surface area contributed by atoms with E-state index in [-0.39, 0.29) is 52.1 Å². The van der Waals surface area contributed by atoms with Gasteiger partial charge in [0.1, 0.15) is 47.2 Å². The summed E-state index contributed by atoms with van der Waals surface area (Å²) in [5.74, 6) is 1.72. The number of halogens is 3. The second-order valence-electron chi connectivity index (χ2n) is 12.8. The van der Waals surface area contributed by atoms with E-state index in [1.165, 1.54) is 24.3 Å². The third-order valence-electron chi connectivity index (χ3n) is 9.97. The molecule has 238 valence electrons. The largest absolute Gasteiger partial charge is 0.508 e. The number of anilines is 2. The number of aromatic hydroxyl groups is 1. The van der Waals surface area contributed by atoms with Gasteiger partial charge in [-0.1, -0.05) is 12.0 Å². The van der Waals surface area contributed by atoms with Crippen molar-refractivity contribution in [3.63, 3.8) is 0 Å². The summed E-state index contributed by atoms with van der Waals surface area (Å²) in [6, 6.07) is 5.36. The van der Waals surface area contributed by atoms with E-state index in [2.05, 4.69) is 20.7 Å². The van der Waals surface area contributed by atoms with Crippen molar-refractivity contribution in [2.24, 2.45) is 0 Å². The van der Waals surface area contributed by atoms with E-state index in [9.17, 15) is 13.9 Å². The molecule has 0 bridgehead atoms. The molecule has 1 unspecified atom stereocenters. The van der Waals surface area contributed by atoms with Crippen LogP contribution in [0, 0.1) is 24.0 Å². The molecule has 8 rings (SSSR count). The van der Waals surface area contributed by atoms with Gasteiger partial charge in [0, 0.05) is 50.7 Å². The fourth-order valence-corrected chi connectivity index (χ4v) is 7.91. The molecule has 6 heterocycles. The second kappa shape index (κ2) is 10.9. The molecule has 2 aromatic heterocycles. The molecule has 3 saturated heterocycles. The summed E-state index contributed by atoms with van der Waals surface area (Å²) >= 11 is 0. The molecule has 0 saturated carbocycles. The van der Waals surface area contributed by atoms with Crippen molar-refractivity contribution in [2.75, 3.05) is 62.8 Å². The van der Waals surface area contributed by atoms with Crippen LogP contribution >= 0.6 is 0 Å². The number of hydrogen-bond acceptors (Lipinski definition) is 9. The van der Waals surface area contributed by atoms with E-state index in [4.69, 9.17) is 25.9 Å². The molecule has 3 fully saturated rings. The number of phenols is 1. The number of nitrogens with zero attached hydrogens (tertiary/aromatic N) is 6. The smallest absolute Gasteiger partial charge is 0.319 e. The Balaban J connectivity index is 1.35. The van der Waals surface area contributed by atoms with Gasteiger partial charge in [-0.25, -0.2) is 18.2 Å². The molecule has 0 spiro atoms. The Morgan fingerprint density at radius 2 is 1.98 bits per heavy atom. The van der Waals surface area contributed by atoms with E-state index in [0.717, 1.165) is 25.8 Å². The molecule has 9 nitrogen and oxygen atoms in total. The first-order valence-electron chi connectivity index (χ1n) is 15.7. The Morgan fingerprint density at radius 1 is 1.11 bits per heavy atom. The predicted octanol–water partition coefficient (Wildman–Crippen LogP) is 4.81. The lowest BCUT2D eigenvalue weighted by Crippen LogP contribution is -2.44. The van der Waals surface area contributed by atoms with Crippen molar-refractivity contribution >= 4 is 33.3 Å². The predicted molar refractivity (Wildman–Crippen MR) is 168 cm³/mol. The maximum absolute atomic E-state index is 17.1. The Morgan fingerprint density at radius 3 is 2.83 bits per heavy atom. The monoisotopic (exact) mass is 630 g/mol. The summed E-state index contributed by atoms with van der Waals surface area (Å²) in [6.45, 7) is 3.51. The van der Waals surface area contributed by atoms with E-state index in [1.807, 2.05) is 11.9 Å². The van der Waals surface area contributed by atoms with Crippen LogP contribution in [0.15, 0.2) is 24.3 Å². The molecule has 3 atom stereocenters. The van der Waals surface area contributed by atoms with E-state index >= 15 is 4.39 Å². The molecular weight excluding hydrogens is 597 g/mol. The Kier molecular flexibility index (Phi) is 6.88. The van der Waals surface area contributed by atoms with Crippen LogP contribution in [0.4, 0.5) is 24.8 Å². The van der Waals surface area contributed by atoms with Crippen molar-refractivity contribution < 1.29 is 27.8 Å². The highest BCUT2D eigenvalue weighted by molar-refractivity contribution is 6.06. The summed E-state index contributed by atoms with van der Waals surface area (Å²) in [5.41, 5.74) is -0.541. The zero-order valence-corrected chi connectivity index (χ0v) is 25.4. The van der Waals surface area contributed by atoms with Gasteiger partial charge in [0.25, 0.3) is 0 Å². The van der Waals surface area contributed by atoms with Crippen LogP contribution in [0.2, 0.25) is 0 Å². The van der Waals surface area contributed by atoms with Crippen molar-refractivity contribution in [3.8, 4) is 35.4 Å². The van der Waals surface area contributed by atoms with Crippen molar-refractivity contribution in [3.05, 3.63) is 41.5 Å². The number of likely N-dealkylation sites (N-methyl/N-ethyl adjacent to an activating group) is 1. The summed E-state index contributed by atoms with van der Waals surface area (Å²) in [7, 11) is 1.86. The normalized spacial score (nSPS) is 24.5. The number of terminal acetylenes is 1. The lowest BCUT2D eigenvalue weighted by atomic mass is 9.95. The lowest BCUT2D eigenvalue weighted by molar-refractivity contribution is 0.107. The van der Waals surface area contributed by atoms with E-state index in [0.29, 0.717) is 61.7 Å². The number of phenolic OH excluding ortho intramolecular Hbond substituents is 1. The number of pyridine rings is 1. The van der Waals surface area contributed by atoms with Crippen molar-refractivity contribution in [1.82, 2.24) is 19.9 Å². The number of hydrogen-bond donors (Lipinski definition) is 1. The van der Waals surface area contributed by atoms with Crippen LogP contribution in [0.25, 0.3) is 32.9 Å². The SMILES string of the molecule is C#Cc1c(F)ccc2cc(O)cc(-c3nc4c5c(nc(OC[C@@]67CCCN6C[C@H](F)C7)nc5c3F)N3CCCOCC3CN4C)c12. The molecule has 1 N–H and O–H groups in total. The summed E-state index contributed by atoms with van der Waals surface area (Å²) in [5, 5.41) is 11.8. The van der Waals surface area contributed by atoms with Gasteiger partial charge in [-0.05, 0) is 49.4 Å². The van der Waals surface area contributed by atoms with Gasteiger partial charge in [-0.15, -0.1) is 6.42 Å². The van der Waals surface area contributed by atoms with Crippen molar-refractivity contribution in [1.29, 1.82) is 0 Å². The number of aromatic nitrogens is 3. The van der Waals surface area contributed by atoms with Crippen molar-refractivity contribution in [2.45, 2.75) is 43.4 Å². The van der Waals surface area contributed by atoms with Crippen LogP contribution in [0.5, 0.6) is 11.8 Å². The number of benzene rings is 2. The maximum Gasteiger partial charge on any atom is 0.319 e.